The molecule has 0 fully saturated rings. The number of hydrazone groups is 1. The molecular weight excluding hydrogens is 382 g/mol. The Hall–Kier alpha value is -3.32. The zero-order chi connectivity index (χ0) is 20.3. The van der Waals surface area contributed by atoms with E-state index in [-0.39, 0.29) is 18.0 Å². The number of hydrogen-bond acceptors (Lipinski definition) is 5. The zero-order valence-corrected chi connectivity index (χ0v) is 15.8. The molecule has 2 aromatic carbocycles. The maximum Gasteiger partial charge on any atom is 0.322 e. The number of aliphatic hydroxyl groups is 1. The van der Waals surface area contributed by atoms with Crippen molar-refractivity contribution < 1.29 is 19.8 Å². The van der Waals surface area contributed by atoms with Gasteiger partial charge in [0.05, 0.1) is 6.54 Å². The maximum absolute atomic E-state index is 12.4. The molecule has 2 aromatic rings. The highest BCUT2D eigenvalue weighted by Gasteiger charge is 2.30. The number of carbonyl (C=O) groups is 2. The van der Waals surface area contributed by atoms with Gasteiger partial charge < -0.3 is 15.5 Å². The number of halogens is 1. The van der Waals surface area contributed by atoms with E-state index >= 15 is 0 Å². The van der Waals surface area contributed by atoms with Crippen molar-refractivity contribution in [1.82, 2.24) is 10.3 Å². The third-order valence-corrected chi connectivity index (χ3v) is 4.43. The fourth-order valence-electron chi connectivity index (χ4n) is 3.00. The van der Waals surface area contributed by atoms with Crippen LogP contribution < -0.4 is 5.32 Å². The number of carbonyl (C=O) groups excluding carboxylic acids is 1. The average molecular weight is 400 g/mol. The number of nitrogens with zero attached hydrogens (tertiary/aromatic N) is 2. The first-order valence-corrected chi connectivity index (χ1v) is 8.87. The van der Waals surface area contributed by atoms with Gasteiger partial charge in [-0.25, -0.2) is 0 Å². The van der Waals surface area contributed by atoms with Gasteiger partial charge in [-0.1, -0.05) is 35.9 Å². The smallest absolute Gasteiger partial charge is 0.322 e. The Morgan fingerprint density at radius 1 is 1.25 bits per heavy atom. The van der Waals surface area contributed by atoms with Gasteiger partial charge >= 0.3 is 5.97 Å². The first-order valence-electron chi connectivity index (χ1n) is 8.49. The van der Waals surface area contributed by atoms with Gasteiger partial charge in [0.15, 0.2) is 11.5 Å². The summed E-state index contributed by atoms with van der Waals surface area (Å²) >= 11 is 6.07. The van der Waals surface area contributed by atoms with Crippen LogP contribution in [0.25, 0.3) is 16.9 Å². The number of aliphatic carboxylic acids is 1. The van der Waals surface area contributed by atoms with Crippen molar-refractivity contribution in [2.75, 3.05) is 6.54 Å². The predicted molar refractivity (Wildman–Crippen MR) is 107 cm³/mol. The van der Waals surface area contributed by atoms with Crippen molar-refractivity contribution in [3.63, 3.8) is 0 Å². The van der Waals surface area contributed by atoms with Gasteiger partial charge in [0.25, 0.3) is 5.91 Å². The molecular formula is C20H18ClN3O4. The quantitative estimate of drug-likeness (QED) is 0.670. The van der Waals surface area contributed by atoms with E-state index in [2.05, 4.69) is 10.4 Å². The average Bonchev–Trinajstić information content (AvgIpc) is 2.66. The molecule has 0 saturated carbocycles. The number of aliphatic hydroxyl groups excluding tert-OH is 1. The normalized spacial score (nSPS) is 13.6. The van der Waals surface area contributed by atoms with Crippen LogP contribution in [0, 0.1) is 0 Å². The van der Waals surface area contributed by atoms with E-state index in [1.165, 1.54) is 11.2 Å². The molecule has 8 heteroatoms. The second-order valence-corrected chi connectivity index (χ2v) is 6.52. The third-order valence-electron chi connectivity index (χ3n) is 4.19. The summed E-state index contributed by atoms with van der Waals surface area (Å²) in [6.45, 7) is 1.37. The van der Waals surface area contributed by atoms with Crippen molar-refractivity contribution in [1.29, 1.82) is 0 Å². The molecule has 7 nitrogen and oxygen atoms in total. The number of nitrogens with one attached hydrogen (secondary N) is 1. The lowest BCUT2D eigenvalue weighted by Crippen LogP contribution is -2.37. The summed E-state index contributed by atoms with van der Waals surface area (Å²) in [6.07, 6.45) is 1.49. The summed E-state index contributed by atoms with van der Waals surface area (Å²) in [5, 5.41) is 27.8. The van der Waals surface area contributed by atoms with E-state index in [0.717, 1.165) is 16.7 Å². The van der Waals surface area contributed by atoms with E-state index in [1.807, 2.05) is 30.3 Å². The number of rotatable bonds is 5. The second-order valence-electron chi connectivity index (χ2n) is 6.09. The summed E-state index contributed by atoms with van der Waals surface area (Å²) < 4.78 is 0. The van der Waals surface area contributed by atoms with Crippen molar-refractivity contribution in [3.05, 3.63) is 64.3 Å². The molecule has 0 aliphatic carbocycles. The van der Waals surface area contributed by atoms with Crippen LogP contribution in [0.1, 0.15) is 18.1 Å². The first kappa shape index (κ1) is 19.4. The van der Waals surface area contributed by atoms with Crippen LogP contribution in [0.4, 0.5) is 0 Å². The van der Waals surface area contributed by atoms with Crippen LogP contribution in [-0.2, 0) is 16.1 Å². The molecule has 0 bridgehead atoms. The lowest BCUT2D eigenvalue weighted by atomic mass is 9.95. The molecule has 1 heterocycles. The molecule has 0 spiro atoms. The highest BCUT2D eigenvalue weighted by molar-refractivity contribution is 6.30. The Morgan fingerprint density at radius 2 is 2.00 bits per heavy atom. The Bertz CT molecular complexity index is 1000. The SMILES string of the molecule is C/C=N\N1Cc2cc(-c3cccc(Cl)c3)ccc2C(O)=C1C(=O)NCC(=O)O. The van der Waals surface area contributed by atoms with E-state index < -0.39 is 18.4 Å². The molecule has 0 aromatic heterocycles. The summed E-state index contributed by atoms with van der Waals surface area (Å²) in [6, 6.07) is 12.9. The molecule has 1 amide bonds. The lowest BCUT2D eigenvalue weighted by Gasteiger charge is -2.28. The molecule has 28 heavy (non-hydrogen) atoms. The van der Waals surface area contributed by atoms with Gasteiger partial charge in [-0.3, -0.25) is 14.6 Å². The van der Waals surface area contributed by atoms with Crippen molar-refractivity contribution in [3.8, 4) is 11.1 Å². The molecule has 0 saturated heterocycles. The Labute approximate surface area is 166 Å². The number of amides is 1. The van der Waals surface area contributed by atoms with Crippen LogP contribution in [0.5, 0.6) is 0 Å². The topological polar surface area (TPSA) is 102 Å². The fraction of sp³-hybridized carbons (Fsp3) is 0.150. The minimum atomic E-state index is -1.18. The summed E-state index contributed by atoms with van der Waals surface area (Å²) in [4.78, 5) is 23.1. The molecule has 1 aliphatic rings. The van der Waals surface area contributed by atoms with Crippen molar-refractivity contribution >= 4 is 35.5 Å². The highest BCUT2D eigenvalue weighted by atomic mass is 35.5. The van der Waals surface area contributed by atoms with E-state index in [9.17, 15) is 14.7 Å². The fourth-order valence-corrected chi connectivity index (χ4v) is 3.19. The molecule has 0 unspecified atom stereocenters. The van der Waals surface area contributed by atoms with E-state index in [1.54, 1.807) is 19.1 Å². The maximum atomic E-state index is 12.4. The largest absolute Gasteiger partial charge is 0.505 e. The van der Waals surface area contributed by atoms with Crippen molar-refractivity contribution in [2.24, 2.45) is 5.10 Å². The molecule has 0 radical (unpaired) electrons. The van der Waals surface area contributed by atoms with Crippen LogP contribution in [0.15, 0.2) is 53.3 Å². The molecule has 144 valence electrons. The van der Waals surface area contributed by atoms with Crippen LogP contribution >= 0.6 is 11.6 Å². The van der Waals surface area contributed by atoms with Gasteiger partial charge in [0.1, 0.15) is 6.54 Å². The van der Waals surface area contributed by atoms with Gasteiger partial charge in [-0.2, -0.15) is 5.10 Å². The van der Waals surface area contributed by atoms with Gasteiger partial charge in [0.2, 0.25) is 0 Å². The number of benzene rings is 2. The molecule has 0 atom stereocenters. The number of carboxylic acid groups (broad SMARTS) is 1. The van der Waals surface area contributed by atoms with Crippen LogP contribution in [-0.4, -0.2) is 39.9 Å². The van der Waals surface area contributed by atoms with E-state index in [0.29, 0.717) is 10.6 Å². The van der Waals surface area contributed by atoms with Crippen molar-refractivity contribution in [2.45, 2.75) is 13.5 Å². The summed E-state index contributed by atoms with van der Waals surface area (Å²) in [5.74, 6) is -2.15. The summed E-state index contributed by atoms with van der Waals surface area (Å²) in [7, 11) is 0. The standard InChI is InChI=1S/C20H18ClN3O4/c1-2-23-24-11-14-8-13(12-4-3-5-15(21)9-12)6-7-16(14)19(27)18(24)20(28)22-10-17(25)26/h2-9,27H,10-11H2,1H3,(H,22,28)(H,25,26)/b23-2-. The van der Waals surface area contributed by atoms with Gasteiger partial charge in [-0.05, 0) is 41.8 Å². The molecule has 3 N–H and O–H groups in total. The highest BCUT2D eigenvalue weighted by Crippen LogP contribution is 2.34. The minimum absolute atomic E-state index is 0.0950. The Balaban J connectivity index is 2.03. The second kappa shape index (κ2) is 8.14. The molecule has 1 aliphatic heterocycles. The Kier molecular flexibility index (Phi) is 5.65. The predicted octanol–water partition coefficient (Wildman–Crippen LogP) is 3.26. The lowest BCUT2D eigenvalue weighted by molar-refractivity contribution is -0.137. The molecule has 3 rings (SSSR count). The monoisotopic (exact) mass is 399 g/mol. The third kappa shape index (κ3) is 3.99. The van der Waals surface area contributed by atoms with Crippen LogP contribution in [0.3, 0.4) is 0 Å². The Morgan fingerprint density at radius 3 is 2.68 bits per heavy atom. The zero-order valence-electron chi connectivity index (χ0n) is 15.0. The van der Waals surface area contributed by atoms with Gasteiger partial charge in [-0.15, -0.1) is 0 Å². The first-order chi connectivity index (χ1) is 13.4. The minimum Gasteiger partial charge on any atom is -0.505 e. The number of carboxylic acids is 1. The van der Waals surface area contributed by atoms with Gasteiger partial charge in [0, 0.05) is 16.8 Å². The number of hydrogen-bond donors (Lipinski definition) is 3. The summed E-state index contributed by atoms with van der Waals surface area (Å²) in [5.41, 5.74) is 3.01. The van der Waals surface area contributed by atoms with Crippen LogP contribution in [0.2, 0.25) is 5.02 Å². The van der Waals surface area contributed by atoms with E-state index in [4.69, 9.17) is 16.7 Å². The number of fused-ring (bicyclic) bond motifs is 1.